The van der Waals surface area contributed by atoms with Crippen LogP contribution in [-0.2, 0) is 0 Å². The lowest BCUT2D eigenvalue weighted by atomic mass is 9.95. The highest BCUT2D eigenvalue weighted by atomic mass is 15.1. The maximum Gasteiger partial charge on any atom is 0.0281 e. The maximum atomic E-state index is 5.93. The molecule has 0 radical (unpaired) electrons. The van der Waals surface area contributed by atoms with Crippen molar-refractivity contribution in [3.63, 3.8) is 0 Å². The summed E-state index contributed by atoms with van der Waals surface area (Å²) in [5.41, 5.74) is 6.27. The van der Waals surface area contributed by atoms with Crippen molar-refractivity contribution < 1.29 is 0 Å². The number of rotatable bonds is 0. The normalized spacial score (nSPS) is 36.3. The van der Waals surface area contributed by atoms with E-state index in [-0.39, 0.29) is 11.1 Å². The fourth-order valence-electron chi connectivity index (χ4n) is 1.82. The Bertz CT molecular complexity index is 138. The van der Waals surface area contributed by atoms with Crippen LogP contribution in [0.15, 0.2) is 0 Å². The molecule has 0 amide bonds. The van der Waals surface area contributed by atoms with E-state index < -0.39 is 0 Å². The summed E-state index contributed by atoms with van der Waals surface area (Å²) in [7, 11) is 0. The van der Waals surface area contributed by atoms with Crippen molar-refractivity contribution in [2.45, 2.75) is 51.2 Å². The molecule has 1 atom stereocenters. The molecule has 0 aromatic rings. The Morgan fingerprint density at radius 1 is 1.30 bits per heavy atom. The van der Waals surface area contributed by atoms with Crippen LogP contribution in [0.25, 0.3) is 0 Å². The minimum Gasteiger partial charge on any atom is -0.326 e. The van der Waals surface area contributed by atoms with Crippen molar-refractivity contribution in [1.82, 2.24) is 5.32 Å². The van der Waals surface area contributed by atoms with Gasteiger partial charge < -0.3 is 11.1 Å². The molecule has 2 heteroatoms. The van der Waals surface area contributed by atoms with E-state index in [1.165, 1.54) is 0 Å². The Hall–Kier alpha value is -0.0800. The highest BCUT2D eigenvalue weighted by molar-refractivity contribution is 5.05. The molecule has 0 saturated carbocycles. The molecule has 1 saturated heterocycles. The van der Waals surface area contributed by atoms with Gasteiger partial charge in [0.1, 0.15) is 0 Å². The second-order valence-electron chi connectivity index (χ2n) is 4.54. The first-order valence-corrected chi connectivity index (χ1v) is 3.88. The lowest BCUT2D eigenvalue weighted by Crippen LogP contribution is -2.48. The van der Waals surface area contributed by atoms with Gasteiger partial charge in [-0.25, -0.2) is 0 Å². The van der Waals surface area contributed by atoms with Gasteiger partial charge in [0.05, 0.1) is 0 Å². The van der Waals surface area contributed by atoms with Gasteiger partial charge in [0.2, 0.25) is 0 Å². The Morgan fingerprint density at radius 3 is 1.90 bits per heavy atom. The third-order valence-electron chi connectivity index (χ3n) is 2.32. The first-order valence-electron chi connectivity index (χ1n) is 3.88. The summed E-state index contributed by atoms with van der Waals surface area (Å²) in [6.07, 6.45) is 1.07. The van der Waals surface area contributed by atoms with E-state index in [4.69, 9.17) is 5.73 Å². The molecule has 0 bridgehead atoms. The smallest absolute Gasteiger partial charge is 0.0281 e. The van der Waals surface area contributed by atoms with Gasteiger partial charge in [-0.1, -0.05) is 0 Å². The first kappa shape index (κ1) is 8.02. The van der Waals surface area contributed by atoms with Gasteiger partial charge in [0, 0.05) is 17.1 Å². The Labute approximate surface area is 63.2 Å². The third kappa shape index (κ3) is 1.32. The van der Waals surface area contributed by atoms with Gasteiger partial charge in [-0.15, -0.1) is 0 Å². The molecular formula is C8H18N2. The van der Waals surface area contributed by atoms with Crippen LogP contribution < -0.4 is 11.1 Å². The molecule has 1 heterocycles. The van der Waals surface area contributed by atoms with Crippen LogP contribution in [0.2, 0.25) is 0 Å². The SMILES string of the molecule is CC1(C)CC(N)C(C)(C)N1. The van der Waals surface area contributed by atoms with Crippen molar-refractivity contribution in [3.8, 4) is 0 Å². The average molecular weight is 142 g/mol. The lowest BCUT2D eigenvalue weighted by Gasteiger charge is -2.26. The molecule has 1 unspecified atom stereocenters. The first-order chi connectivity index (χ1) is 4.33. The Kier molecular flexibility index (Phi) is 1.57. The average Bonchev–Trinajstić information content (AvgIpc) is 1.73. The molecule has 60 valence electrons. The quantitative estimate of drug-likeness (QED) is 0.526. The number of nitrogens with two attached hydrogens (primary N) is 1. The van der Waals surface area contributed by atoms with E-state index in [0.29, 0.717) is 6.04 Å². The molecule has 1 fully saturated rings. The number of hydrogen-bond acceptors (Lipinski definition) is 2. The Morgan fingerprint density at radius 2 is 1.80 bits per heavy atom. The van der Waals surface area contributed by atoms with Crippen LogP contribution in [-0.4, -0.2) is 17.1 Å². The topological polar surface area (TPSA) is 38.0 Å². The molecule has 1 aliphatic heterocycles. The van der Waals surface area contributed by atoms with Gasteiger partial charge in [-0.3, -0.25) is 0 Å². The van der Waals surface area contributed by atoms with Crippen molar-refractivity contribution in [2.24, 2.45) is 5.73 Å². The zero-order valence-corrected chi connectivity index (χ0v) is 7.36. The highest BCUT2D eigenvalue weighted by Gasteiger charge is 2.41. The fraction of sp³-hybridized carbons (Fsp3) is 1.00. The fourth-order valence-corrected chi connectivity index (χ4v) is 1.82. The van der Waals surface area contributed by atoms with Gasteiger partial charge in [0.25, 0.3) is 0 Å². The maximum absolute atomic E-state index is 5.93. The highest BCUT2D eigenvalue weighted by Crippen LogP contribution is 2.28. The summed E-state index contributed by atoms with van der Waals surface area (Å²) in [5.74, 6) is 0. The summed E-state index contributed by atoms with van der Waals surface area (Å²) in [6.45, 7) is 8.71. The third-order valence-corrected chi connectivity index (χ3v) is 2.32. The largest absolute Gasteiger partial charge is 0.326 e. The van der Waals surface area contributed by atoms with E-state index in [9.17, 15) is 0 Å². The van der Waals surface area contributed by atoms with Crippen molar-refractivity contribution in [1.29, 1.82) is 0 Å². The molecule has 1 aliphatic rings. The van der Waals surface area contributed by atoms with Crippen LogP contribution in [0.1, 0.15) is 34.1 Å². The number of nitrogens with one attached hydrogen (secondary N) is 1. The molecule has 0 aromatic carbocycles. The molecule has 0 aliphatic carbocycles. The molecule has 0 aromatic heterocycles. The second-order valence-corrected chi connectivity index (χ2v) is 4.54. The zero-order chi connectivity index (χ0) is 7.99. The minimum atomic E-state index is 0.115. The van der Waals surface area contributed by atoms with Gasteiger partial charge in [0.15, 0.2) is 0 Å². The summed E-state index contributed by atoms with van der Waals surface area (Å²) >= 11 is 0. The standard InChI is InChI=1S/C8H18N2/c1-7(2)5-6(9)8(3,4)10-7/h6,10H,5,9H2,1-4H3. The predicted octanol–water partition coefficient (Wildman–Crippen LogP) is 0.864. The molecule has 1 rings (SSSR count). The van der Waals surface area contributed by atoms with Gasteiger partial charge in [-0.05, 0) is 34.1 Å². The van der Waals surface area contributed by atoms with Gasteiger partial charge in [-0.2, -0.15) is 0 Å². The van der Waals surface area contributed by atoms with Crippen LogP contribution >= 0.6 is 0 Å². The van der Waals surface area contributed by atoms with E-state index >= 15 is 0 Å². The van der Waals surface area contributed by atoms with E-state index in [1.54, 1.807) is 0 Å². The van der Waals surface area contributed by atoms with Crippen molar-refractivity contribution in [2.75, 3.05) is 0 Å². The van der Waals surface area contributed by atoms with Crippen LogP contribution in [0.5, 0.6) is 0 Å². The van der Waals surface area contributed by atoms with E-state index in [1.807, 2.05) is 0 Å². The monoisotopic (exact) mass is 142 g/mol. The molecule has 2 nitrogen and oxygen atoms in total. The van der Waals surface area contributed by atoms with Crippen molar-refractivity contribution >= 4 is 0 Å². The second kappa shape index (κ2) is 1.95. The van der Waals surface area contributed by atoms with Crippen molar-refractivity contribution in [3.05, 3.63) is 0 Å². The predicted molar refractivity (Wildman–Crippen MR) is 43.9 cm³/mol. The van der Waals surface area contributed by atoms with Crippen LogP contribution in [0.4, 0.5) is 0 Å². The Balaban J connectivity index is 2.71. The minimum absolute atomic E-state index is 0.115. The summed E-state index contributed by atoms with van der Waals surface area (Å²) < 4.78 is 0. The zero-order valence-electron chi connectivity index (χ0n) is 7.36. The number of hydrogen-bond donors (Lipinski definition) is 2. The molecule has 3 N–H and O–H groups in total. The van der Waals surface area contributed by atoms with Gasteiger partial charge >= 0.3 is 0 Å². The van der Waals surface area contributed by atoms with E-state index in [2.05, 4.69) is 33.0 Å². The summed E-state index contributed by atoms with van der Waals surface area (Å²) in [5, 5.41) is 3.49. The molecule has 10 heavy (non-hydrogen) atoms. The summed E-state index contributed by atoms with van der Waals surface area (Å²) in [6, 6.07) is 0.294. The lowest BCUT2D eigenvalue weighted by molar-refractivity contribution is 0.358. The summed E-state index contributed by atoms with van der Waals surface area (Å²) in [4.78, 5) is 0. The molecule has 0 spiro atoms. The van der Waals surface area contributed by atoms with Crippen LogP contribution in [0, 0.1) is 0 Å². The van der Waals surface area contributed by atoms with Crippen LogP contribution in [0.3, 0.4) is 0 Å². The van der Waals surface area contributed by atoms with E-state index in [0.717, 1.165) is 6.42 Å². The molecular weight excluding hydrogens is 124 g/mol.